The molecule has 0 saturated heterocycles. The van der Waals surface area contributed by atoms with Crippen molar-refractivity contribution in [3.8, 4) is 16.9 Å². The van der Waals surface area contributed by atoms with Crippen molar-refractivity contribution < 1.29 is 22.7 Å². The van der Waals surface area contributed by atoms with Gasteiger partial charge in [-0.05, 0) is 91.2 Å². The molecule has 2 heterocycles. The van der Waals surface area contributed by atoms with Crippen LogP contribution < -0.4 is 9.46 Å². The molecule has 2 aromatic heterocycles. The zero-order chi connectivity index (χ0) is 29.9. The number of nitrogens with one attached hydrogen (secondary N) is 2. The topological polar surface area (TPSA) is 67.0 Å². The van der Waals surface area contributed by atoms with Gasteiger partial charge in [0.15, 0.2) is 0 Å². The molecule has 2 N–H and O–H groups in total. The third kappa shape index (κ3) is 6.42. The third-order valence-corrected chi connectivity index (χ3v) is 8.23. The first-order valence-electron chi connectivity index (χ1n) is 13.2. The van der Waals surface area contributed by atoms with Gasteiger partial charge < -0.3 is 9.72 Å². The summed E-state index contributed by atoms with van der Waals surface area (Å²) in [6, 6.07) is 19.6. The molecule has 0 fully saturated rings. The van der Waals surface area contributed by atoms with Gasteiger partial charge in [-0.25, -0.2) is 0 Å². The van der Waals surface area contributed by atoms with Crippen LogP contribution in [0.25, 0.3) is 22.0 Å². The number of aryl methyl sites for hydroxylation is 3. The molecular formula is C32H27ClF3N3O2S. The summed E-state index contributed by atoms with van der Waals surface area (Å²) in [6.45, 7) is 4.20. The minimum absolute atomic E-state index is 0.0154. The number of carbonyl (C=O) groups excluding carboxylic acids is 1. The highest BCUT2D eigenvalue weighted by atomic mass is 35.5. The predicted octanol–water partition coefficient (Wildman–Crippen LogP) is 8.97. The fraction of sp³-hybridized carbons (Fsp3) is 0.188. The number of pyridine rings is 1. The molecule has 0 aliphatic rings. The Bertz CT molecular complexity index is 1720. The molecule has 0 bridgehead atoms. The number of hydrogen-bond acceptors (Lipinski definition) is 4. The van der Waals surface area contributed by atoms with E-state index in [2.05, 4.69) is 14.7 Å². The Morgan fingerprint density at radius 1 is 1.02 bits per heavy atom. The minimum Gasteiger partial charge on any atom is -0.494 e. The molecule has 0 aliphatic heterocycles. The van der Waals surface area contributed by atoms with E-state index in [0.29, 0.717) is 57.9 Å². The number of ether oxygens (including phenoxy) is 1. The Hall–Kier alpha value is -3.95. The number of benzene rings is 3. The van der Waals surface area contributed by atoms with Crippen molar-refractivity contribution in [3.05, 3.63) is 112 Å². The summed E-state index contributed by atoms with van der Waals surface area (Å²) < 4.78 is 50.5. The Kier molecular flexibility index (Phi) is 8.80. The quantitative estimate of drug-likeness (QED) is 0.129. The van der Waals surface area contributed by atoms with Gasteiger partial charge in [0.25, 0.3) is 5.91 Å². The Labute approximate surface area is 250 Å². The molecule has 0 aliphatic carbocycles. The highest BCUT2D eigenvalue weighted by molar-refractivity contribution is 7.98. The number of alkyl halides is 3. The number of H-pyrrole nitrogens is 1. The van der Waals surface area contributed by atoms with E-state index in [1.165, 1.54) is 24.2 Å². The molecular weight excluding hydrogens is 583 g/mol. The number of rotatable bonds is 9. The lowest BCUT2D eigenvalue weighted by atomic mass is 9.97. The smallest absolute Gasteiger partial charge is 0.418 e. The monoisotopic (exact) mass is 609 g/mol. The highest BCUT2D eigenvalue weighted by Crippen LogP contribution is 2.40. The number of hydrogen-bond donors (Lipinski definition) is 2. The maximum Gasteiger partial charge on any atom is 0.418 e. The SMILES string of the molecule is Cc1cc(OCCCc2c(C(=O)NSc3ccccc3)[nH]c3c(-c4ccncc4C(F)(F)F)cccc23)cc(C)c1Cl. The van der Waals surface area contributed by atoms with E-state index in [1.807, 2.05) is 62.4 Å². The van der Waals surface area contributed by atoms with Crippen molar-refractivity contribution in [3.63, 3.8) is 0 Å². The summed E-state index contributed by atoms with van der Waals surface area (Å²) in [5.41, 5.74) is 2.75. The fourth-order valence-corrected chi connectivity index (χ4v) is 5.59. The summed E-state index contributed by atoms with van der Waals surface area (Å²) in [6.07, 6.45) is -1.43. The van der Waals surface area contributed by atoms with E-state index in [-0.39, 0.29) is 11.5 Å². The van der Waals surface area contributed by atoms with Crippen molar-refractivity contribution in [2.24, 2.45) is 0 Å². The minimum atomic E-state index is -4.59. The molecule has 3 aromatic carbocycles. The number of fused-ring (bicyclic) bond motifs is 1. The number of para-hydroxylation sites is 1. The molecule has 0 atom stereocenters. The Morgan fingerprint density at radius 3 is 2.48 bits per heavy atom. The number of amides is 1. The number of aromatic nitrogens is 2. The van der Waals surface area contributed by atoms with Crippen LogP contribution in [-0.2, 0) is 12.6 Å². The van der Waals surface area contributed by atoms with Crippen LogP contribution in [0.15, 0.2) is 84.0 Å². The average molecular weight is 610 g/mol. The van der Waals surface area contributed by atoms with Gasteiger partial charge in [-0.15, -0.1) is 0 Å². The van der Waals surface area contributed by atoms with Crippen molar-refractivity contribution in [1.29, 1.82) is 0 Å². The van der Waals surface area contributed by atoms with E-state index in [4.69, 9.17) is 16.3 Å². The van der Waals surface area contributed by atoms with Gasteiger partial charge in [-0.1, -0.05) is 48.0 Å². The van der Waals surface area contributed by atoms with Gasteiger partial charge in [-0.2, -0.15) is 13.2 Å². The molecule has 0 radical (unpaired) electrons. The lowest BCUT2D eigenvalue weighted by Crippen LogP contribution is -2.18. The van der Waals surface area contributed by atoms with Crippen molar-refractivity contribution in [1.82, 2.24) is 14.7 Å². The normalized spacial score (nSPS) is 11.6. The van der Waals surface area contributed by atoms with E-state index in [0.717, 1.165) is 22.2 Å². The largest absolute Gasteiger partial charge is 0.494 e. The highest BCUT2D eigenvalue weighted by Gasteiger charge is 2.34. The van der Waals surface area contributed by atoms with Crippen LogP contribution in [-0.4, -0.2) is 22.5 Å². The van der Waals surface area contributed by atoms with E-state index in [1.54, 1.807) is 12.1 Å². The van der Waals surface area contributed by atoms with Crippen LogP contribution in [0.3, 0.4) is 0 Å². The Balaban J connectivity index is 1.48. The lowest BCUT2D eigenvalue weighted by molar-refractivity contribution is -0.137. The van der Waals surface area contributed by atoms with Crippen molar-refractivity contribution in [2.45, 2.75) is 37.8 Å². The Morgan fingerprint density at radius 2 is 1.76 bits per heavy atom. The molecule has 5 nitrogen and oxygen atoms in total. The van der Waals surface area contributed by atoms with Gasteiger partial charge in [0.2, 0.25) is 0 Å². The van der Waals surface area contributed by atoms with Crippen LogP contribution in [0.5, 0.6) is 5.75 Å². The first kappa shape index (κ1) is 29.5. The second-order valence-electron chi connectivity index (χ2n) is 9.80. The van der Waals surface area contributed by atoms with Gasteiger partial charge in [0, 0.05) is 33.3 Å². The summed E-state index contributed by atoms with van der Waals surface area (Å²) in [7, 11) is 0. The van der Waals surface area contributed by atoms with E-state index >= 15 is 0 Å². The molecule has 10 heteroatoms. The molecule has 5 rings (SSSR count). The van der Waals surface area contributed by atoms with Crippen LogP contribution in [0.4, 0.5) is 13.2 Å². The molecule has 216 valence electrons. The van der Waals surface area contributed by atoms with Crippen molar-refractivity contribution >= 4 is 40.4 Å². The molecule has 1 amide bonds. The maximum absolute atomic E-state index is 13.9. The zero-order valence-corrected chi connectivity index (χ0v) is 24.4. The second-order valence-corrected chi connectivity index (χ2v) is 11.1. The second kappa shape index (κ2) is 12.5. The van der Waals surface area contributed by atoms with Gasteiger partial charge in [0.1, 0.15) is 11.4 Å². The lowest BCUT2D eigenvalue weighted by Gasteiger charge is -2.13. The third-order valence-electron chi connectivity index (χ3n) is 6.84. The van der Waals surface area contributed by atoms with Crippen LogP contribution in [0.1, 0.15) is 39.2 Å². The number of carbonyl (C=O) groups is 1. The first-order chi connectivity index (χ1) is 20.1. The van der Waals surface area contributed by atoms with Gasteiger partial charge >= 0.3 is 6.18 Å². The molecule has 5 aromatic rings. The molecule has 0 saturated carbocycles. The summed E-state index contributed by atoms with van der Waals surface area (Å²) in [5.74, 6) is 0.321. The fourth-order valence-electron chi connectivity index (χ4n) is 4.88. The van der Waals surface area contributed by atoms with Crippen LogP contribution in [0.2, 0.25) is 5.02 Å². The van der Waals surface area contributed by atoms with Crippen molar-refractivity contribution in [2.75, 3.05) is 6.61 Å². The van der Waals surface area contributed by atoms with Crippen LogP contribution in [0, 0.1) is 13.8 Å². The van der Waals surface area contributed by atoms with E-state index in [9.17, 15) is 18.0 Å². The number of halogens is 4. The zero-order valence-electron chi connectivity index (χ0n) is 22.8. The van der Waals surface area contributed by atoms with Gasteiger partial charge in [-0.3, -0.25) is 14.5 Å². The summed E-state index contributed by atoms with van der Waals surface area (Å²) in [4.78, 5) is 21.1. The first-order valence-corrected chi connectivity index (χ1v) is 14.4. The number of nitrogens with zero attached hydrogens (tertiary/aromatic N) is 1. The van der Waals surface area contributed by atoms with E-state index < -0.39 is 11.7 Å². The molecule has 0 spiro atoms. The molecule has 42 heavy (non-hydrogen) atoms. The summed E-state index contributed by atoms with van der Waals surface area (Å²) in [5, 5.41) is 1.37. The van der Waals surface area contributed by atoms with Crippen LogP contribution >= 0.6 is 23.5 Å². The maximum atomic E-state index is 13.9. The predicted molar refractivity (Wildman–Crippen MR) is 161 cm³/mol. The standard InChI is InChI=1S/C32H27ClF3N3O2S/c1-19-16-21(17-20(2)28(19)33)41-15-7-12-26-25-11-6-10-24(23-13-14-37-18-27(23)32(34,35)36)29(25)38-30(26)31(40)39-42-22-8-4-3-5-9-22/h3-6,8-11,13-14,16-18,38H,7,12,15H2,1-2H3,(H,39,40). The summed E-state index contributed by atoms with van der Waals surface area (Å²) >= 11 is 7.44. The van der Waals surface area contributed by atoms with Gasteiger partial charge in [0.05, 0.1) is 17.7 Å². The molecule has 0 unspecified atom stereocenters. The average Bonchev–Trinajstić information content (AvgIpc) is 3.35. The number of aromatic amines is 1.